The van der Waals surface area contributed by atoms with Gasteiger partial charge in [0, 0.05) is 33.1 Å². The van der Waals surface area contributed by atoms with Crippen LogP contribution in [0, 0.1) is 11.8 Å². The van der Waals surface area contributed by atoms with Crippen molar-refractivity contribution < 1.29 is 33.6 Å². The van der Waals surface area contributed by atoms with Crippen molar-refractivity contribution in [1.82, 2.24) is 10.6 Å². The van der Waals surface area contributed by atoms with E-state index in [1.807, 2.05) is 43.3 Å². The van der Waals surface area contributed by atoms with Gasteiger partial charge in [-0.3, -0.25) is 4.79 Å². The normalized spacial score (nSPS) is 13.8. The number of benzene rings is 2. The van der Waals surface area contributed by atoms with Gasteiger partial charge in [-0.1, -0.05) is 76.9 Å². The Balaban J connectivity index is 2.10. The first-order valence-corrected chi connectivity index (χ1v) is 17.4. The highest BCUT2D eigenvalue weighted by Gasteiger charge is 2.37. The Bertz CT molecular complexity index is 1160. The number of hydrogen-bond acceptors (Lipinski definition) is 7. The number of ether oxygens (including phenoxy) is 4. The molecule has 0 aliphatic heterocycles. The molecule has 3 N–H and O–H groups in total. The average Bonchev–Trinajstić information content (AvgIpc) is 3.05. The topological polar surface area (TPSA) is 115 Å². The van der Waals surface area contributed by atoms with E-state index in [1.165, 1.54) is 0 Å². The molecule has 2 rings (SSSR count). The van der Waals surface area contributed by atoms with Crippen LogP contribution in [0.15, 0.2) is 48.5 Å². The van der Waals surface area contributed by atoms with Crippen LogP contribution in [0.5, 0.6) is 11.5 Å². The predicted molar refractivity (Wildman–Crippen MR) is 187 cm³/mol. The van der Waals surface area contributed by atoms with Crippen molar-refractivity contribution in [2.24, 2.45) is 11.8 Å². The molecule has 0 bridgehead atoms. The second-order valence-corrected chi connectivity index (χ2v) is 12.9. The minimum Gasteiger partial charge on any atom is -0.490 e. The van der Waals surface area contributed by atoms with Crippen molar-refractivity contribution in [3.63, 3.8) is 0 Å². The van der Waals surface area contributed by atoms with E-state index < -0.39 is 17.7 Å². The lowest BCUT2D eigenvalue weighted by molar-refractivity contribution is -0.128. The average molecular weight is 657 g/mol. The maximum atomic E-state index is 13.2. The number of carbonyl (C=O) groups excluding carboxylic acids is 2. The lowest BCUT2D eigenvalue weighted by atomic mass is 9.83. The summed E-state index contributed by atoms with van der Waals surface area (Å²) in [4.78, 5) is 25.8. The minimum absolute atomic E-state index is 0.0889. The van der Waals surface area contributed by atoms with Gasteiger partial charge in [-0.15, -0.1) is 0 Å². The van der Waals surface area contributed by atoms with E-state index in [1.54, 1.807) is 14.0 Å². The van der Waals surface area contributed by atoms with Gasteiger partial charge in [-0.2, -0.15) is 0 Å². The maximum absolute atomic E-state index is 13.2. The van der Waals surface area contributed by atoms with Gasteiger partial charge in [0.1, 0.15) is 12.1 Å². The first-order valence-electron chi connectivity index (χ1n) is 17.4. The van der Waals surface area contributed by atoms with Crippen molar-refractivity contribution in [2.45, 2.75) is 111 Å². The molecule has 0 aromatic heterocycles. The van der Waals surface area contributed by atoms with Crippen LogP contribution in [0.4, 0.5) is 4.79 Å². The van der Waals surface area contributed by atoms with Crippen molar-refractivity contribution in [1.29, 1.82) is 0 Å². The fraction of sp³-hybridized carbons (Fsp3) is 0.632. The third-order valence-electron chi connectivity index (χ3n) is 8.38. The van der Waals surface area contributed by atoms with Gasteiger partial charge in [0.2, 0.25) is 5.91 Å². The quantitative estimate of drug-likeness (QED) is 0.102. The molecular weight excluding hydrogens is 596 g/mol. The summed E-state index contributed by atoms with van der Waals surface area (Å²) in [6, 6.07) is 16.2. The molecule has 47 heavy (non-hydrogen) atoms. The van der Waals surface area contributed by atoms with Gasteiger partial charge in [0.05, 0.1) is 19.3 Å². The summed E-state index contributed by atoms with van der Waals surface area (Å²) in [5, 5.41) is 16.9. The zero-order valence-corrected chi connectivity index (χ0v) is 29.6. The first-order chi connectivity index (χ1) is 22.6. The highest BCUT2D eigenvalue weighted by Crippen LogP contribution is 2.32. The Kier molecular flexibility index (Phi) is 18.9. The second-order valence-electron chi connectivity index (χ2n) is 12.9. The number of unbranched alkanes of at least 4 members (excludes halogenated alkanes) is 2. The van der Waals surface area contributed by atoms with E-state index >= 15 is 0 Å². The molecule has 0 unspecified atom stereocenters. The van der Waals surface area contributed by atoms with Crippen LogP contribution in [-0.4, -0.2) is 62.2 Å². The van der Waals surface area contributed by atoms with Gasteiger partial charge in [-0.05, 0) is 74.1 Å². The Morgan fingerprint density at radius 1 is 0.872 bits per heavy atom. The maximum Gasteiger partial charge on any atom is 0.407 e. The number of hydrogen-bond donors (Lipinski definition) is 3. The molecule has 264 valence electrons. The summed E-state index contributed by atoms with van der Waals surface area (Å²) in [7, 11) is 1.68. The van der Waals surface area contributed by atoms with Gasteiger partial charge in [0.25, 0.3) is 0 Å². The highest BCUT2D eigenvalue weighted by molar-refractivity contribution is 5.89. The molecule has 2 amide bonds. The third kappa shape index (κ3) is 15.4. The summed E-state index contributed by atoms with van der Waals surface area (Å²) in [5.41, 5.74) is 0.913. The van der Waals surface area contributed by atoms with Gasteiger partial charge >= 0.3 is 6.09 Å². The van der Waals surface area contributed by atoms with Crippen LogP contribution in [0.25, 0.3) is 0 Å². The first kappa shape index (κ1) is 39.9. The third-order valence-corrected chi connectivity index (χ3v) is 8.38. The Labute approximate surface area is 283 Å². The monoisotopic (exact) mass is 656 g/mol. The fourth-order valence-electron chi connectivity index (χ4n) is 5.33. The van der Waals surface area contributed by atoms with Gasteiger partial charge in [0.15, 0.2) is 11.5 Å². The lowest BCUT2D eigenvalue weighted by Gasteiger charge is -2.32. The summed E-state index contributed by atoms with van der Waals surface area (Å²) in [6.45, 7) is 12.5. The number of aliphatic hydroxyl groups excluding tert-OH is 1. The van der Waals surface area contributed by atoms with E-state index in [4.69, 9.17) is 18.9 Å². The highest BCUT2D eigenvalue weighted by atomic mass is 16.5. The standard InChI is InChI=1S/C38H60N2O7/c1-7-9-21-39-36(42)38(5,40-37(43)46-23-10-8-2)27-33(41)19-18-32(29(3)4)25-31-17-20-34(35(26-31)45-24-14-22-44-6)47-28-30-15-12-11-13-16-30/h11-13,15-17,20,26,29,32-33,41H,7-10,14,18-19,21-25,27-28H2,1-6H3,(H,39,42)(H,40,43)/t32-,33-,38+/m0/s1. The Morgan fingerprint density at radius 2 is 1.62 bits per heavy atom. The second kappa shape index (κ2) is 22.3. The summed E-state index contributed by atoms with van der Waals surface area (Å²) in [6.07, 6.45) is 4.89. The molecule has 9 heteroatoms. The van der Waals surface area contributed by atoms with E-state index in [0.29, 0.717) is 50.2 Å². The van der Waals surface area contributed by atoms with Crippen LogP contribution in [-0.2, 0) is 27.3 Å². The number of aliphatic hydroxyl groups is 1. The Morgan fingerprint density at radius 3 is 2.30 bits per heavy atom. The van der Waals surface area contributed by atoms with Crippen LogP contribution < -0.4 is 20.1 Å². The van der Waals surface area contributed by atoms with E-state index in [9.17, 15) is 14.7 Å². The fourth-order valence-corrected chi connectivity index (χ4v) is 5.33. The SMILES string of the molecule is CCCCNC(=O)[C@@](C)(C[C@@H](O)CC[C@@H](Cc1ccc(OCc2ccccc2)c(OCCCOC)c1)C(C)C)NC(=O)OCCCC. The molecule has 0 aliphatic carbocycles. The number of rotatable bonds is 24. The largest absolute Gasteiger partial charge is 0.490 e. The minimum atomic E-state index is -1.30. The molecule has 0 spiro atoms. The van der Waals surface area contributed by atoms with Crippen molar-refractivity contribution in [3.8, 4) is 11.5 Å². The van der Waals surface area contributed by atoms with Gasteiger partial charge < -0.3 is 34.7 Å². The van der Waals surface area contributed by atoms with E-state index in [0.717, 1.165) is 56.1 Å². The van der Waals surface area contributed by atoms with Crippen molar-refractivity contribution >= 4 is 12.0 Å². The molecule has 0 saturated carbocycles. The van der Waals surface area contributed by atoms with E-state index in [2.05, 4.69) is 43.5 Å². The Hall–Kier alpha value is -3.30. The molecule has 0 saturated heterocycles. The number of amides is 2. The molecule has 2 aromatic carbocycles. The summed E-state index contributed by atoms with van der Waals surface area (Å²) < 4.78 is 22.8. The number of carbonyl (C=O) groups is 2. The zero-order chi connectivity index (χ0) is 34.5. The molecular formula is C38H60N2O7. The zero-order valence-electron chi connectivity index (χ0n) is 29.6. The van der Waals surface area contributed by atoms with Crippen molar-refractivity contribution in [2.75, 3.05) is 33.5 Å². The molecule has 0 aliphatic rings. The molecule has 0 fully saturated rings. The van der Waals surface area contributed by atoms with Crippen LogP contribution in [0.2, 0.25) is 0 Å². The molecule has 3 atom stereocenters. The van der Waals surface area contributed by atoms with E-state index in [-0.39, 0.29) is 24.9 Å². The smallest absolute Gasteiger partial charge is 0.407 e. The molecule has 2 aromatic rings. The predicted octanol–water partition coefficient (Wildman–Crippen LogP) is 7.23. The van der Waals surface area contributed by atoms with Crippen LogP contribution in [0.3, 0.4) is 0 Å². The molecule has 0 radical (unpaired) electrons. The van der Waals surface area contributed by atoms with Crippen LogP contribution >= 0.6 is 0 Å². The molecule has 0 heterocycles. The van der Waals surface area contributed by atoms with Crippen molar-refractivity contribution in [3.05, 3.63) is 59.7 Å². The number of methoxy groups -OCH3 is 1. The number of alkyl carbamates (subject to hydrolysis) is 1. The summed E-state index contributed by atoms with van der Waals surface area (Å²) in [5.74, 6) is 1.73. The van der Waals surface area contributed by atoms with Crippen LogP contribution in [0.1, 0.15) is 97.1 Å². The van der Waals surface area contributed by atoms with Gasteiger partial charge in [-0.25, -0.2) is 4.79 Å². The molecule has 9 nitrogen and oxygen atoms in total. The lowest BCUT2D eigenvalue weighted by Crippen LogP contribution is -2.58. The summed E-state index contributed by atoms with van der Waals surface area (Å²) >= 11 is 0. The number of nitrogens with one attached hydrogen (secondary N) is 2.